The Labute approximate surface area is 255 Å². The van der Waals surface area contributed by atoms with Crippen LogP contribution in [0.25, 0.3) is 63.3 Å². The summed E-state index contributed by atoms with van der Waals surface area (Å²) in [5.41, 5.74) is 7.55. The highest BCUT2D eigenvalue weighted by molar-refractivity contribution is 7.43. The third-order valence-electron chi connectivity index (χ3n) is 6.84. The van der Waals surface area contributed by atoms with E-state index in [2.05, 4.69) is 123 Å². The van der Waals surface area contributed by atoms with E-state index in [1.54, 1.807) is 0 Å². The van der Waals surface area contributed by atoms with Crippen molar-refractivity contribution in [3.8, 4) is 0 Å². The molecule has 0 saturated carbocycles. The Bertz CT molecular complexity index is 1830. The Morgan fingerprint density at radius 1 is 0.390 bits per heavy atom. The lowest BCUT2D eigenvalue weighted by Crippen LogP contribution is -1.75. The van der Waals surface area contributed by atoms with Gasteiger partial charge in [0.05, 0.1) is 18.8 Å². The van der Waals surface area contributed by atoms with Crippen molar-refractivity contribution in [2.24, 2.45) is 0 Å². The number of thiophene rings is 3. The molecule has 0 amide bonds. The first-order chi connectivity index (χ1) is 20.1. The SMILES string of the molecule is CC.CC.Cc1ccc(C=Cc2ccc3c(c2)sc2c3sc3c4ccc(C=Cc5ccc(C)cc5)cc4sc32)cc1. The van der Waals surface area contributed by atoms with E-state index in [1.807, 2.05) is 61.7 Å². The zero-order valence-electron chi connectivity index (χ0n) is 24.6. The van der Waals surface area contributed by atoms with Crippen molar-refractivity contribution in [1.82, 2.24) is 0 Å². The molecule has 3 aromatic heterocycles. The average Bonchev–Trinajstić information content (AvgIpc) is 3.66. The van der Waals surface area contributed by atoms with E-state index in [1.165, 1.54) is 72.4 Å². The lowest BCUT2D eigenvalue weighted by Gasteiger charge is -1.97. The van der Waals surface area contributed by atoms with Gasteiger partial charge in [-0.25, -0.2) is 0 Å². The van der Waals surface area contributed by atoms with Crippen LogP contribution in [0.1, 0.15) is 61.1 Å². The van der Waals surface area contributed by atoms with Crippen LogP contribution in [-0.2, 0) is 0 Å². The van der Waals surface area contributed by atoms with Crippen molar-refractivity contribution in [3.63, 3.8) is 0 Å². The Morgan fingerprint density at radius 2 is 0.732 bits per heavy atom. The second-order valence-electron chi connectivity index (χ2n) is 9.62. The highest BCUT2D eigenvalue weighted by atomic mass is 32.1. The normalized spacial score (nSPS) is 11.5. The molecule has 0 nitrogen and oxygen atoms in total. The second-order valence-corrected chi connectivity index (χ2v) is 12.7. The molecule has 7 rings (SSSR count). The van der Waals surface area contributed by atoms with Crippen LogP contribution in [0.15, 0.2) is 84.9 Å². The summed E-state index contributed by atoms with van der Waals surface area (Å²) in [6.07, 6.45) is 8.84. The molecule has 0 saturated heterocycles. The molecule has 206 valence electrons. The van der Waals surface area contributed by atoms with Gasteiger partial charge in [-0.1, -0.05) is 136 Å². The molecular formula is C38H36S3. The molecule has 41 heavy (non-hydrogen) atoms. The van der Waals surface area contributed by atoms with Gasteiger partial charge in [0.25, 0.3) is 0 Å². The Balaban J connectivity index is 0.000000810. The van der Waals surface area contributed by atoms with Crippen molar-refractivity contribution in [2.45, 2.75) is 41.5 Å². The minimum absolute atomic E-state index is 1.23. The van der Waals surface area contributed by atoms with Crippen molar-refractivity contribution in [1.29, 1.82) is 0 Å². The summed E-state index contributed by atoms with van der Waals surface area (Å²) in [4.78, 5) is 0. The van der Waals surface area contributed by atoms with Gasteiger partial charge in [-0.2, -0.15) is 0 Å². The van der Waals surface area contributed by atoms with E-state index in [0.717, 1.165) is 0 Å². The summed E-state index contributed by atoms with van der Waals surface area (Å²) >= 11 is 5.83. The third-order valence-corrected chi connectivity index (χ3v) is 10.8. The highest BCUT2D eigenvalue weighted by Gasteiger charge is 2.16. The van der Waals surface area contributed by atoms with Gasteiger partial charge in [0, 0.05) is 20.2 Å². The molecule has 0 aliphatic carbocycles. The predicted octanol–water partition coefficient (Wildman–Crippen LogP) is 13.5. The molecule has 0 radical (unpaired) electrons. The summed E-state index contributed by atoms with van der Waals surface area (Å²) in [5, 5.41) is 2.76. The molecule has 0 N–H and O–H groups in total. The van der Waals surface area contributed by atoms with Crippen LogP contribution in [0.4, 0.5) is 0 Å². The second kappa shape index (κ2) is 13.0. The van der Waals surface area contributed by atoms with Crippen LogP contribution in [-0.4, -0.2) is 0 Å². The van der Waals surface area contributed by atoms with Gasteiger partial charge >= 0.3 is 0 Å². The van der Waals surface area contributed by atoms with Gasteiger partial charge in [-0.05, 0) is 48.2 Å². The molecule has 3 heteroatoms. The minimum Gasteiger partial charge on any atom is -0.133 e. The Hall–Kier alpha value is -3.50. The van der Waals surface area contributed by atoms with Crippen LogP contribution in [0.5, 0.6) is 0 Å². The summed E-state index contributed by atoms with van der Waals surface area (Å²) < 4.78 is 8.48. The van der Waals surface area contributed by atoms with Gasteiger partial charge in [0.1, 0.15) is 0 Å². The summed E-state index contributed by atoms with van der Waals surface area (Å²) in [6.45, 7) is 12.3. The minimum atomic E-state index is 1.23. The lowest BCUT2D eigenvalue weighted by molar-refractivity contribution is 1.46. The van der Waals surface area contributed by atoms with Gasteiger partial charge < -0.3 is 0 Å². The topological polar surface area (TPSA) is 0 Å². The van der Waals surface area contributed by atoms with E-state index in [4.69, 9.17) is 0 Å². The van der Waals surface area contributed by atoms with Crippen molar-refractivity contribution in [3.05, 3.63) is 118 Å². The zero-order chi connectivity index (χ0) is 28.9. The third kappa shape index (κ3) is 6.08. The van der Waals surface area contributed by atoms with E-state index in [9.17, 15) is 0 Å². The van der Waals surface area contributed by atoms with E-state index >= 15 is 0 Å². The van der Waals surface area contributed by atoms with Crippen LogP contribution in [0.2, 0.25) is 0 Å². The standard InChI is InChI=1S/C34H24S3.2C2H6/c1-21-3-7-23(8-4-21)11-13-25-15-17-27-29(19-25)35-33-31(27)37-32-28-18-16-26(20-30(28)36-34(32)33)14-12-24-9-5-22(2)6-10-24;2*1-2/h3-20H,1-2H3;2*1-2H3. The fraction of sp³-hybridized carbons (Fsp3) is 0.158. The van der Waals surface area contributed by atoms with Crippen LogP contribution >= 0.6 is 34.0 Å². The van der Waals surface area contributed by atoms with Gasteiger partial charge in [0.15, 0.2) is 0 Å². The first kappa shape index (κ1) is 29.0. The number of aryl methyl sites for hydroxylation is 2. The molecule has 0 aliphatic rings. The number of benzene rings is 4. The predicted molar refractivity (Wildman–Crippen MR) is 193 cm³/mol. The van der Waals surface area contributed by atoms with Crippen molar-refractivity contribution >= 4 is 97.3 Å². The highest BCUT2D eigenvalue weighted by Crippen LogP contribution is 2.50. The molecule has 7 aromatic rings. The van der Waals surface area contributed by atoms with Crippen LogP contribution in [0, 0.1) is 13.8 Å². The Kier molecular flexibility index (Phi) is 9.19. The van der Waals surface area contributed by atoms with Crippen LogP contribution < -0.4 is 0 Å². The fourth-order valence-electron chi connectivity index (χ4n) is 4.73. The molecule has 0 spiro atoms. The first-order valence-electron chi connectivity index (χ1n) is 14.4. The van der Waals surface area contributed by atoms with Gasteiger partial charge in [-0.15, -0.1) is 34.0 Å². The van der Waals surface area contributed by atoms with Crippen molar-refractivity contribution in [2.75, 3.05) is 0 Å². The number of hydrogen-bond acceptors (Lipinski definition) is 3. The number of rotatable bonds is 4. The molecule has 0 bridgehead atoms. The molecule has 4 aromatic carbocycles. The van der Waals surface area contributed by atoms with Gasteiger partial charge in [-0.3, -0.25) is 0 Å². The molecule has 0 fully saturated rings. The van der Waals surface area contributed by atoms with E-state index in [0.29, 0.717) is 0 Å². The zero-order valence-corrected chi connectivity index (χ0v) is 27.1. The maximum atomic E-state index is 2.34. The summed E-state index contributed by atoms with van der Waals surface area (Å²) in [5.74, 6) is 0. The largest absolute Gasteiger partial charge is 0.133 e. The fourth-order valence-corrected chi connectivity index (χ4v) is 9.09. The lowest BCUT2D eigenvalue weighted by atomic mass is 10.1. The van der Waals surface area contributed by atoms with Crippen LogP contribution in [0.3, 0.4) is 0 Å². The first-order valence-corrected chi connectivity index (χ1v) is 16.9. The molecule has 3 heterocycles. The molecule has 0 aliphatic heterocycles. The molecular weight excluding hydrogens is 553 g/mol. The average molecular weight is 589 g/mol. The van der Waals surface area contributed by atoms with E-state index < -0.39 is 0 Å². The maximum Gasteiger partial charge on any atom is 0.0642 e. The number of hydrogen-bond donors (Lipinski definition) is 0. The molecule has 0 atom stereocenters. The maximum absolute atomic E-state index is 2.34. The number of fused-ring (bicyclic) bond motifs is 7. The molecule has 0 unspecified atom stereocenters. The summed E-state index contributed by atoms with van der Waals surface area (Å²) in [6, 6.07) is 31.1. The smallest absolute Gasteiger partial charge is 0.0642 e. The van der Waals surface area contributed by atoms with Gasteiger partial charge in [0.2, 0.25) is 0 Å². The van der Waals surface area contributed by atoms with Crippen molar-refractivity contribution < 1.29 is 0 Å². The quantitative estimate of drug-likeness (QED) is 0.179. The van der Waals surface area contributed by atoms with E-state index in [-0.39, 0.29) is 0 Å². The monoisotopic (exact) mass is 588 g/mol. The Morgan fingerprint density at radius 3 is 1.12 bits per heavy atom. The summed E-state index contributed by atoms with van der Waals surface area (Å²) in [7, 11) is 0.